The Hall–Kier alpha value is 0.0900. The summed E-state index contributed by atoms with van der Waals surface area (Å²) < 4.78 is 0. The van der Waals surface area contributed by atoms with Gasteiger partial charge in [0.25, 0.3) is 0 Å². The van der Waals surface area contributed by atoms with Gasteiger partial charge >= 0.3 is 59.1 Å². The molecule has 0 saturated carbocycles. The largest absolute Gasteiger partial charge is 1.00 e. The van der Waals surface area contributed by atoms with Gasteiger partial charge in [0.05, 0.1) is 0 Å². The first-order chi connectivity index (χ1) is 9.45. The molecule has 21 heavy (non-hydrogen) atoms. The Labute approximate surface area is 172 Å². The van der Waals surface area contributed by atoms with Crippen molar-refractivity contribution in [2.45, 2.75) is 0 Å². The standard InChI is InChI=1S/C18H15P.2Na/c1-4-10-16(11-5-1)19(17-12-6-2-7-13-17)18-14-8-3-9-15-18;;/h1-15H;;/q;2*+1. The molecule has 0 unspecified atom stereocenters. The van der Waals surface area contributed by atoms with E-state index in [2.05, 4.69) is 91.0 Å². The van der Waals surface area contributed by atoms with Crippen LogP contribution in [0.3, 0.4) is 0 Å². The van der Waals surface area contributed by atoms with Crippen LogP contribution in [0.1, 0.15) is 0 Å². The third kappa shape index (κ3) is 5.05. The third-order valence-electron chi connectivity index (χ3n) is 3.04. The van der Waals surface area contributed by atoms with Crippen LogP contribution in [-0.4, -0.2) is 0 Å². The van der Waals surface area contributed by atoms with Crippen LogP contribution in [0.25, 0.3) is 0 Å². The first-order valence-corrected chi connectivity index (χ1v) is 7.74. The Kier molecular flexibility index (Phi) is 9.09. The van der Waals surface area contributed by atoms with E-state index in [1.165, 1.54) is 15.9 Å². The van der Waals surface area contributed by atoms with E-state index >= 15 is 0 Å². The molecule has 0 spiro atoms. The maximum Gasteiger partial charge on any atom is 1.00 e. The first-order valence-electron chi connectivity index (χ1n) is 6.40. The van der Waals surface area contributed by atoms with Gasteiger partial charge < -0.3 is 0 Å². The van der Waals surface area contributed by atoms with Crippen molar-refractivity contribution < 1.29 is 59.1 Å². The van der Waals surface area contributed by atoms with E-state index in [0.717, 1.165) is 0 Å². The second-order valence-electron chi connectivity index (χ2n) is 4.34. The topological polar surface area (TPSA) is 0 Å². The van der Waals surface area contributed by atoms with Crippen molar-refractivity contribution in [2.24, 2.45) is 0 Å². The molecule has 0 atom stereocenters. The van der Waals surface area contributed by atoms with E-state index < -0.39 is 7.92 Å². The fourth-order valence-corrected chi connectivity index (χ4v) is 4.48. The molecule has 92 valence electrons. The summed E-state index contributed by atoms with van der Waals surface area (Å²) in [7, 11) is -0.446. The predicted molar refractivity (Wildman–Crippen MR) is 85.1 cm³/mol. The van der Waals surface area contributed by atoms with E-state index in [-0.39, 0.29) is 59.1 Å². The normalized spacial score (nSPS) is 9.57. The van der Waals surface area contributed by atoms with Crippen LogP contribution < -0.4 is 75.0 Å². The van der Waals surface area contributed by atoms with Gasteiger partial charge in [-0.2, -0.15) is 0 Å². The number of rotatable bonds is 3. The third-order valence-corrected chi connectivity index (χ3v) is 5.49. The monoisotopic (exact) mass is 308 g/mol. The molecule has 0 amide bonds. The van der Waals surface area contributed by atoms with Gasteiger partial charge in [-0.15, -0.1) is 0 Å². The van der Waals surface area contributed by atoms with E-state index in [9.17, 15) is 0 Å². The van der Waals surface area contributed by atoms with Crippen molar-refractivity contribution in [2.75, 3.05) is 0 Å². The number of benzene rings is 3. The molecule has 0 bridgehead atoms. The molecule has 0 nitrogen and oxygen atoms in total. The average Bonchev–Trinajstić information content (AvgIpc) is 2.51. The van der Waals surface area contributed by atoms with E-state index in [4.69, 9.17) is 0 Å². The van der Waals surface area contributed by atoms with Crippen LogP contribution in [-0.2, 0) is 0 Å². The Morgan fingerprint density at radius 1 is 0.381 bits per heavy atom. The molecule has 0 radical (unpaired) electrons. The molecule has 0 heterocycles. The van der Waals surface area contributed by atoms with Gasteiger partial charge in [0.15, 0.2) is 0 Å². The summed E-state index contributed by atoms with van der Waals surface area (Å²) in [6, 6.07) is 32.3. The maximum atomic E-state index is 2.23. The Bertz CT molecular complexity index is 533. The Morgan fingerprint density at radius 3 is 0.857 bits per heavy atom. The Morgan fingerprint density at radius 2 is 0.619 bits per heavy atom. The summed E-state index contributed by atoms with van der Waals surface area (Å²) in [4.78, 5) is 0. The van der Waals surface area contributed by atoms with E-state index in [1.807, 2.05) is 0 Å². The summed E-state index contributed by atoms with van der Waals surface area (Å²) in [5.41, 5.74) is 0. The van der Waals surface area contributed by atoms with Crippen LogP contribution in [0.4, 0.5) is 0 Å². The van der Waals surface area contributed by atoms with Gasteiger partial charge in [-0.3, -0.25) is 0 Å². The molecular weight excluding hydrogens is 293 g/mol. The van der Waals surface area contributed by atoms with Gasteiger partial charge in [-0.05, 0) is 23.8 Å². The predicted octanol–water partition coefficient (Wildman–Crippen LogP) is -2.55. The summed E-state index contributed by atoms with van der Waals surface area (Å²) in [5, 5.41) is 4.19. The summed E-state index contributed by atoms with van der Waals surface area (Å²) >= 11 is 0. The zero-order valence-corrected chi connectivity index (χ0v) is 17.5. The van der Waals surface area contributed by atoms with Gasteiger partial charge in [0.1, 0.15) is 0 Å². The molecule has 0 aliphatic rings. The smallest absolute Gasteiger partial charge is 0.0622 e. The molecule has 3 aromatic rings. The molecule has 3 heteroatoms. The van der Waals surface area contributed by atoms with Crippen LogP contribution in [0.2, 0.25) is 0 Å². The SMILES string of the molecule is [Na+].[Na+].c1ccc(P(c2ccccc2)c2ccccc2)cc1. The van der Waals surface area contributed by atoms with Gasteiger partial charge in [0.2, 0.25) is 0 Å². The molecule has 0 aromatic heterocycles. The minimum absolute atomic E-state index is 0. The van der Waals surface area contributed by atoms with Crippen molar-refractivity contribution in [3.8, 4) is 0 Å². The van der Waals surface area contributed by atoms with Crippen molar-refractivity contribution >= 4 is 23.8 Å². The minimum atomic E-state index is -0.446. The fourth-order valence-electron chi connectivity index (χ4n) is 2.18. The van der Waals surface area contributed by atoms with Crippen molar-refractivity contribution in [1.82, 2.24) is 0 Å². The van der Waals surface area contributed by atoms with Gasteiger partial charge in [-0.25, -0.2) is 0 Å². The van der Waals surface area contributed by atoms with Gasteiger partial charge in [0, 0.05) is 0 Å². The quantitative estimate of drug-likeness (QED) is 0.369. The van der Waals surface area contributed by atoms with Crippen molar-refractivity contribution in [3.05, 3.63) is 91.0 Å². The molecule has 3 rings (SSSR count). The molecule has 3 aromatic carbocycles. The number of hydrogen-bond donors (Lipinski definition) is 0. The molecule has 0 aliphatic heterocycles. The van der Waals surface area contributed by atoms with Crippen molar-refractivity contribution in [3.63, 3.8) is 0 Å². The molecule has 0 N–H and O–H groups in total. The van der Waals surface area contributed by atoms with Crippen molar-refractivity contribution in [1.29, 1.82) is 0 Å². The van der Waals surface area contributed by atoms with Crippen LogP contribution in [0, 0.1) is 0 Å². The summed E-state index contributed by atoms with van der Waals surface area (Å²) in [6.45, 7) is 0. The van der Waals surface area contributed by atoms with E-state index in [1.54, 1.807) is 0 Å². The molecule has 0 aliphatic carbocycles. The summed E-state index contributed by atoms with van der Waals surface area (Å²) in [5.74, 6) is 0. The zero-order valence-electron chi connectivity index (χ0n) is 12.6. The number of hydrogen-bond acceptors (Lipinski definition) is 0. The minimum Gasteiger partial charge on any atom is -0.0622 e. The average molecular weight is 308 g/mol. The van der Waals surface area contributed by atoms with Gasteiger partial charge in [-0.1, -0.05) is 91.0 Å². The van der Waals surface area contributed by atoms with E-state index in [0.29, 0.717) is 0 Å². The first kappa shape index (κ1) is 19.1. The Balaban J connectivity index is 0.00000110. The van der Waals surface area contributed by atoms with Crippen LogP contribution in [0.15, 0.2) is 91.0 Å². The molecular formula is C18H15Na2P+2. The molecule has 0 saturated heterocycles. The maximum absolute atomic E-state index is 2.23. The molecule has 0 fully saturated rings. The van der Waals surface area contributed by atoms with Crippen LogP contribution >= 0.6 is 7.92 Å². The zero-order chi connectivity index (χ0) is 12.9. The second kappa shape index (κ2) is 9.98. The second-order valence-corrected chi connectivity index (χ2v) is 6.56. The van der Waals surface area contributed by atoms with Crippen LogP contribution in [0.5, 0.6) is 0 Å². The summed E-state index contributed by atoms with van der Waals surface area (Å²) in [6.07, 6.45) is 0. The fraction of sp³-hybridized carbons (Fsp3) is 0.